The topological polar surface area (TPSA) is 201 Å². The standard InChI is InChI=1S/C24H43BIN7O6/c1-15(2)21(33-18(34)9-5-4-6-10-28-19(35)13-26)23(38)32-17(8-7-11-29-24(27)39)22(37)30-14-20(36)31-16(3)12-25/h15-17,21H,4-14H2,1-3H3,(H,28,35)(H,30,37)(H,31,36)(H,32,38)(H,33,34)(H3,27,29,39)/t16-,17+,21+/m1/s1. The summed E-state index contributed by atoms with van der Waals surface area (Å²) in [6.07, 6.45) is 3.03. The summed E-state index contributed by atoms with van der Waals surface area (Å²) in [4.78, 5) is 72.6. The van der Waals surface area contributed by atoms with E-state index in [-0.39, 0.29) is 56.0 Å². The van der Waals surface area contributed by atoms with Crippen LogP contribution in [0.2, 0.25) is 6.32 Å². The van der Waals surface area contributed by atoms with E-state index in [2.05, 4.69) is 31.9 Å². The van der Waals surface area contributed by atoms with E-state index < -0.39 is 35.8 Å². The molecule has 15 heteroatoms. The lowest BCUT2D eigenvalue weighted by Gasteiger charge is -2.25. The molecule has 0 aromatic carbocycles. The zero-order valence-corrected chi connectivity index (χ0v) is 25.2. The summed E-state index contributed by atoms with van der Waals surface area (Å²) in [5.41, 5.74) is 5.07. The van der Waals surface area contributed by atoms with Crippen molar-refractivity contribution in [3.63, 3.8) is 0 Å². The first-order chi connectivity index (χ1) is 18.4. The Bertz CT molecular complexity index is 818. The fraction of sp³-hybridized carbons (Fsp3) is 0.750. The second-order valence-corrected chi connectivity index (χ2v) is 10.3. The van der Waals surface area contributed by atoms with Crippen LogP contribution in [0.3, 0.4) is 0 Å². The molecule has 13 nitrogen and oxygen atoms in total. The normalized spacial score (nSPS) is 12.9. The van der Waals surface area contributed by atoms with Gasteiger partial charge in [0, 0.05) is 25.6 Å². The number of hydrogen-bond donors (Lipinski definition) is 7. The van der Waals surface area contributed by atoms with Crippen molar-refractivity contribution in [3.8, 4) is 0 Å². The number of carbonyl (C=O) groups is 6. The lowest BCUT2D eigenvalue weighted by molar-refractivity contribution is -0.133. The Labute approximate surface area is 245 Å². The van der Waals surface area contributed by atoms with Crippen LogP contribution in [0.4, 0.5) is 4.79 Å². The molecule has 0 saturated heterocycles. The predicted octanol–water partition coefficient (Wildman–Crippen LogP) is -0.620. The number of urea groups is 1. The summed E-state index contributed by atoms with van der Waals surface area (Å²) in [5.74, 6) is -2.13. The molecule has 0 aromatic rings. The Hall–Kier alpha value is -2.59. The quantitative estimate of drug-likeness (QED) is 0.0392. The molecule has 220 valence electrons. The van der Waals surface area contributed by atoms with Crippen molar-refractivity contribution >= 4 is 66.0 Å². The van der Waals surface area contributed by atoms with Crippen LogP contribution in [0.25, 0.3) is 0 Å². The fourth-order valence-electron chi connectivity index (χ4n) is 3.37. The number of primary amides is 1. The minimum Gasteiger partial charge on any atom is -0.355 e. The van der Waals surface area contributed by atoms with Gasteiger partial charge >= 0.3 is 6.03 Å². The molecule has 2 radical (unpaired) electrons. The second-order valence-electron chi connectivity index (χ2n) is 9.50. The average molecular weight is 663 g/mol. The van der Waals surface area contributed by atoms with Crippen molar-refractivity contribution in [1.29, 1.82) is 0 Å². The summed E-state index contributed by atoms with van der Waals surface area (Å²) in [6.45, 7) is 5.70. The molecule has 0 unspecified atom stereocenters. The summed E-state index contributed by atoms with van der Waals surface area (Å²) >= 11 is 1.98. The molecule has 0 rings (SSSR count). The number of hydrogen-bond acceptors (Lipinski definition) is 6. The number of unbranched alkanes of at least 4 members (excludes halogenated alkanes) is 2. The van der Waals surface area contributed by atoms with Crippen LogP contribution in [-0.2, 0) is 24.0 Å². The Morgan fingerprint density at radius 1 is 0.769 bits per heavy atom. The molecule has 0 aromatic heterocycles. The smallest absolute Gasteiger partial charge is 0.312 e. The molecule has 8 N–H and O–H groups in total. The molecular weight excluding hydrogens is 620 g/mol. The van der Waals surface area contributed by atoms with Crippen molar-refractivity contribution in [2.45, 2.75) is 83.7 Å². The maximum atomic E-state index is 13.1. The van der Waals surface area contributed by atoms with Gasteiger partial charge in [-0.05, 0) is 38.5 Å². The molecule has 0 aliphatic carbocycles. The zero-order valence-electron chi connectivity index (χ0n) is 23.1. The van der Waals surface area contributed by atoms with Crippen molar-refractivity contribution in [3.05, 3.63) is 0 Å². The van der Waals surface area contributed by atoms with Gasteiger partial charge in [0.2, 0.25) is 29.5 Å². The van der Waals surface area contributed by atoms with Crippen molar-refractivity contribution in [2.24, 2.45) is 11.7 Å². The fourth-order valence-corrected chi connectivity index (χ4v) is 3.64. The monoisotopic (exact) mass is 663 g/mol. The minimum absolute atomic E-state index is 0.0280. The van der Waals surface area contributed by atoms with Gasteiger partial charge in [0.05, 0.1) is 18.8 Å². The first kappa shape index (κ1) is 36.4. The third-order valence-corrected chi connectivity index (χ3v) is 6.27. The van der Waals surface area contributed by atoms with Crippen LogP contribution in [0.15, 0.2) is 0 Å². The zero-order chi connectivity index (χ0) is 29.8. The van der Waals surface area contributed by atoms with Gasteiger partial charge in [-0.2, -0.15) is 0 Å². The van der Waals surface area contributed by atoms with Crippen LogP contribution in [-0.4, -0.2) is 85.6 Å². The first-order valence-corrected chi connectivity index (χ1v) is 14.7. The highest BCUT2D eigenvalue weighted by Crippen LogP contribution is 2.07. The van der Waals surface area contributed by atoms with E-state index in [0.29, 0.717) is 23.8 Å². The van der Waals surface area contributed by atoms with Gasteiger partial charge in [-0.15, -0.1) is 0 Å². The summed E-state index contributed by atoms with van der Waals surface area (Å²) in [6, 6.07) is -2.86. The Morgan fingerprint density at radius 3 is 2.03 bits per heavy atom. The van der Waals surface area contributed by atoms with E-state index in [1.807, 2.05) is 22.6 Å². The number of nitrogens with two attached hydrogens (primary N) is 1. The predicted molar refractivity (Wildman–Crippen MR) is 157 cm³/mol. The summed E-state index contributed by atoms with van der Waals surface area (Å²) < 4.78 is 0.398. The van der Waals surface area contributed by atoms with Gasteiger partial charge < -0.3 is 37.6 Å². The third-order valence-electron chi connectivity index (χ3n) is 5.58. The maximum Gasteiger partial charge on any atom is 0.312 e. The van der Waals surface area contributed by atoms with E-state index in [1.165, 1.54) is 0 Å². The highest BCUT2D eigenvalue weighted by molar-refractivity contribution is 14.1. The van der Waals surface area contributed by atoms with E-state index >= 15 is 0 Å². The van der Waals surface area contributed by atoms with Gasteiger partial charge in [0.25, 0.3) is 0 Å². The molecule has 7 amide bonds. The van der Waals surface area contributed by atoms with Gasteiger partial charge in [-0.3, -0.25) is 24.0 Å². The van der Waals surface area contributed by atoms with E-state index in [0.717, 1.165) is 12.8 Å². The Kier molecular flexibility index (Phi) is 19.9. The van der Waals surface area contributed by atoms with E-state index in [1.54, 1.807) is 20.8 Å². The number of alkyl halides is 1. The molecule has 0 heterocycles. The van der Waals surface area contributed by atoms with Gasteiger partial charge in [-0.25, -0.2) is 4.79 Å². The molecule has 0 aliphatic rings. The summed E-state index contributed by atoms with van der Waals surface area (Å²) in [5, 5.41) is 15.7. The van der Waals surface area contributed by atoms with Crippen LogP contribution in [0.5, 0.6) is 0 Å². The number of amides is 7. The highest BCUT2D eigenvalue weighted by Gasteiger charge is 2.28. The van der Waals surface area contributed by atoms with Crippen LogP contribution < -0.4 is 37.6 Å². The number of halogens is 1. The molecule has 0 spiro atoms. The Balaban J connectivity index is 5.00. The minimum atomic E-state index is -1.01. The van der Waals surface area contributed by atoms with Crippen molar-refractivity contribution < 1.29 is 28.8 Å². The Morgan fingerprint density at radius 2 is 1.44 bits per heavy atom. The highest BCUT2D eigenvalue weighted by atomic mass is 127. The molecule has 0 saturated carbocycles. The SMILES string of the molecule is [B]C[C@@H](C)NC(=O)CNC(=O)[C@H](CCCNC(N)=O)NC(=O)[C@@H](NC(=O)CCCCCNC(=O)CI)C(C)C. The van der Waals surface area contributed by atoms with Gasteiger partial charge in [0.15, 0.2) is 0 Å². The van der Waals surface area contributed by atoms with Crippen molar-refractivity contribution in [1.82, 2.24) is 31.9 Å². The number of rotatable bonds is 20. The average Bonchev–Trinajstić information content (AvgIpc) is 2.88. The molecule has 39 heavy (non-hydrogen) atoms. The third kappa shape index (κ3) is 18.4. The molecule has 0 aliphatic heterocycles. The van der Waals surface area contributed by atoms with E-state index in [4.69, 9.17) is 13.6 Å². The molecule has 0 bridgehead atoms. The largest absolute Gasteiger partial charge is 0.355 e. The molecular formula is C24H43BIN7O6. The lowest BCUT2D eigenvalue weighted by atomic mass is 9.99. The van der Waals surface area contributed by atoms with Crippen LogP contribution in [0, 0.1) is 5.92 Å². The van der Waals surface area contributed by atoms with E-state index in [9.17, 15) is 28.8 Å². The molecule has 3 atom stereocenters. The first-order valence-electron chi connectivity index (χ1n) is 13.1. The van der Waals surface area contributed by atoms with Gasteiger partial charge in [0.1, 0.15) is 12.1 Å². The maximum absolute atomic E-state index is 13.1. The molecule has 0 fully saturated rings. The number of nitrogens with one attached hydrogen (secondary N) is 6. The van der Waals surface area contributed by atoms with Gasteiger partial charge in [-0.1, -0.05) is 49.2 Å². The van der Waals surface area contributed by atoms with Crippen LogP contribution in [0.1, 0.15) is 59.3 Å². The second kappa shape index (κ2) is 21.3. The van der Waals surface area contributed by atoms with Crippen LogP contribution >= 0.6 is 22.6 Å². The lowest BCUT2D eigenvalue weighted by Crippen LogP contribution is -2.56. The van der Waals surface area contributed by atoms with Crippen molar-refractivity contribution in [2.75, 3.05) is 24.1 Å². The summed E-state index contributed by atoms with van der Waals surface area (Å²) in [7, 11) is 5.48. The number of carbonyl (C=O) groups excluding carboxylic acids is 6.